The van der Waals surface area contributed by atoms with Gasteiger partial charge in [-0.15, -0.1) is 0 Å². The molecule has 0 aliphatic rings. The summed E-state index contributed by atoms with van der Waals surface area (Å²) < 4.78 is 1.92. The Balaban J connectivity index is 2.16. The van der Waals surface area contributed by atoms with Crippen molar-refractivity contribution in [3.8, 4) is 0 Å². The standard InChI is InChI=1S/C15H21N3/c1-10-6-11(2)8-14(7-10)9-16-15-12(3)17-18(5)13(15)4/h6-8,16H,9H2,1-5H3. The van der Waals surface area contributed by atoms with E-state index in [2.05, 4.69) is 49.4 Å². The van der Waals surface area contributed by atoms with Crippen LogP contribution in [-0.2, 0) is 13.6 Å². The van der Waals surface area contributed by atoms with Gasteiger partial charge in [0, 0.05) is 13.6 Å². The Morgan fingerprint density at radius 1 is 1.06 bits per heavy atom. The van der Waals surface area contributed by atoms with Crippen LogP contribution in [0.15, 0.2) is 18.2 Å². The van der Waals surface area contributed by atoms with Crippen LogP contribution in [-0.4, -0.2) is 9.78 Å². The van der Waals surface area contributed by atoms with E-state index in [0.29, 0.717) is 0 Å². The molecule has 1 aromatic heterocycles. The van der Waals surface area contributed by atoms with Crippen molar-refractivity contribution in [1.82, 2.24) is 9.78 Å². The predicted octanol–water partition coefficient (Wildman–Crippen LogP) is 3.27. The minimum Gasteiger partial charge on any atom is -0.378 e. The average molecular weight is 243 g/mol. The number of rotatable bonds is 3. The van der Waals surface area contributed by atoms with Gasteiger partial charge in [0.1, 0.15) is 0 Å². The van der Waals surface area contributed by atoms with Crippen LogP contribution in [0.2, 0.25) is 0 Å². The molecule has 0 saturated heterocycles. The van der Waals surface area contributed by atoms with E-state index in [1.54, 1.807) is 0 Å². The van der Waals surface area contributed by atoms with E-state index in [9.17, 15) is 0 Å². The highest BCUT2D eigenvalue weighted by Crippen LogP contribution is 2.19. The molecule has 0 radical (unpaired) electrons. The van der Waals surface area contributed by atoms with Crippen LogP contribution in [0.5, 0.6) is 0 Å². The number of aryl methyl sites for hydroxylation is 4. The average Bonchev–Trinajstić information content (AvgIpc) is 2.50. The van der Waals surface area contributed by atoms with Gasteiger partial charge < -0.3 is 5.32 Å². The van der Waals surface area contributed by atoms with E-state index in [4.69, 9.17) is 0 Å². The van der Waals surface area contributed by atoms with Crippen molar-refractivity contribution in [3.05, 3.63) is 46.3 Å². The molecule has 1 aromatic carbocycles. The molecule has 0 saturated carbocycles. The normalized spacial score (nSPS) is 10.7. The molecular formula is C15H21N3. The maximum absolute atomic E-state index is 4.41. The van der Waals surface area contributed by atoms with Crippen molar-refractivity contribution in [2.75, 3.05) is 5.32 Å². The van der Waals surface area contributed by atoms with Crippen LogP contribution < -0.4 is 5.32 Å². The third kappa shape index (κ3) is 2.55. The van der Waals surface area contributed by atoms with Gasteiger partial charge in [-0.3, -0.25) is 4.68 Å². The maximum atomic E-state index is 4.41. The summed E-state index contributed by atoms with van der Waals surface area (Å²) in [6.07, 6.45) is 0. The van der Waals surface area contributed by atoms with Crippen LogP contribution in [0.25, 0.3) is 0 Å². The van der Waals surface area contributed by atoms with Crippen LogP contribution in [0, 0.1) is 27.7 Å². The van der Waals surface area contributed by atoms with Gasteiger partial charge in [-0.05, 0) is 33.3 Å². The zero-order chi connectivity index (χ0) is 13.3. The Morgan fingerprint density at radius 2 is 1.67 bits per heavy atom. The molecule has 0 aliphatic heterocycles. The van der Waals surface area contributed by atoms with Crippen molar-refractivity contribution >= 4 is 5.69 Å². The molecular weight excluding hydrogens is 222 g/mol. The van der Waals surface area contributed by atoms with Crippen molar-refractivity contribution in [2.45, 2.75) is 34.2 Å². The van der Waals surface area contributed by atoms with Crippen LogP contribution in [0.3, 0.4) is 0 Å². The molecule has 0 bridgehead atoms. The Morgan fingerprint density at radius 3 is 2.17 bits per heavy atom. The minimum atomic E-state index is 0.843. The lowest BCUT2D eigenvalue weighted by atomic mass is 10.1. The molecule has 18 heavy (non-hydrogen) atoms. The first-order chi connectivity index (χ1) is 8.47. The molecule has 0 aliphatic carbocycles. The second kappa shape index (κ2) is 4.84. The van der Waals surface area contributed by atoms with Gasteiger partial charge in [-0.25, -0.2) is 0 Å². The third-order valence-electron chi connectivity index (χ3n) is 3.26. The Hall–Kier alpha value is -1.77. The maximum Gasteiger partial charge on any atom is 0.0827 e. The number of hydrogen-bond acceptors (Lipinski definition) is 2. The summed E-state index contributed by atoms with van der Waals surface area (Å²) in [7, 11) is 1.98. The molecule has 1 N–H and O–H groups in total. The number of hydrogen-bond donors (Lipinski definition) is 1. The molecule has 2 rings (SSSR count). The number of benzene rings is 1. The highest BCUT2D eigenvalue weighted by molar-refractivity contribution is 5.52. The van der Waals surface area contributed by atoms with Gasteiger partial charge in [-0.1, -0.05) is 29.3 Å². The summed E-state index contributed by atoms with van der Waals surface area (Å²) in [6.45, 7) is 9.24. The van der Waals surface area contributed by atoms with E-state index in [0.717, 1.165) is 17.9 Å². The number of anilines is 1. The summed E-state index contributed by atoms with van der Waals surface area (Å²) in [4.78, 5) is 0. The fourth-order valence-electron chi connectivity index (χ4n) is 2.39. The Kier molecular flexibility index (Phi) is 3.41. The Bertz CT molecular complexity index is 547. The lowest BCUT2D eigenvalue weighted by molar-refractivity contribution is 0.731. The summed E-state index contributed by atoms with van der Waals surface area (Å²) in [5, 5.41) is 7.90. The molecule has 1 heterocycles. The zero-order valence-corrected chi connectivity index (χ0v) is 11.8. The van der Waals surface area contributed by atoms with Crippen molar-refractivity contribution < 1.29 is 0 Å². The smallest absolute Gasteiger partial charge is 0.0827 e. The molecule has 3 nitrogen and oxygen atoms in total. The van der Waals surface area contributed by atoms with Crippen LogP contribution in [0.4, 0.5) is 5.69 Å². The van der Waals surface area contributed by atoms with Crippen molar-refractivity contribution in [1.29, 1.82) is 0 Å². The molecule has 0 atom stereocenters. The number of nitrogens with zero attached hydrogens (tertiary/aromatic N) is 2. The highest BCUT2D eigenvalue weighted by Gasteiger charge is 2.08. The molecule has 0 amide bonds. The van der Waals surface area contributed by atoms with Gasteiger partial charge >= 0.3 is 0 Å². The van der Waals surface area contributed by atoms with E-state index in [1.165, 1.54) is 22.4 Å². The topological polar surface area (TPSA) is 29.9 Å². The second-order valence-corrected chi connectivity index (χ2v) is 5.02. The van der Waals surface area contributed by atoms with Crippen molar-refractivity contribution in [3.63, 3.8) is 0 Å². The summed E-state index contributed by atoms with van der Waals surface area (Å²) >= 11 is 0. The predicted molar refractivity (Wildman–Crippen MR) is 75.9 cm³/mol. The van der Waals surface area contributed by atoms with E-state index < -0.39 is 0 Å². The lowest BCUT2D eigenvalue weighted by Crippen LogP contribution is -2.02. The molecule has 0 unspecified atom stereocenters. The van der Waals surface area contributed by atoms with E-state index in [1.807, 2.05) is 18.7 Å². The van der Waals surface area contributed by atoms with E-state index >= 15 is 0 Å². The summed E-state index contributed by atoms with van der Waals surface area (Å²) in [5.41, 5.74) is 7.32. The SMILES string of the molecule is Cc1cc(C)cc(CNc2c(C)nn(C)c2C)c1. The first-order valence-corrected chi connectivity index (χ1v) is 6.28. The minimum absolute atomic E-state index is 0.843. The fraction of sp³-hybridized carbons (Fsp3) is 0.400. The van der Waals surface area contributed by atoms with Gasteiger partial charge in [0.2, 0.25) is 0 Å². The monoisotopic (exact) mass is 243 g/mol. The Labute approximate surface area is 109 Å². The molecule has 0 spiro atoms. The quantitative estimate of drug-likeness (QED) is 0.896. The summed E-state index contributed by atoms with van der Waals surface area (Å²) in [5.74, 6) is 0. The number of nitrogens with one attached hydrogen (secondary N) is 1. The fourth-order valence-corrected chi connectivity index (χ4v) is 2.39. The lowest BCUT2D eigenvalue weighted by Gasteiger charge is -2.09. The molecule has 0 fully saturated rings. The van der Waals surface area contributed by atoms with Gasteiger partial charge in [0.05, 0.1) is 17.1 Å². The van der Waals surface area contributed by atoms with Gasteiger partial charge in [0.25, 0.3) is 0 Å². The zero-order valence-electron chi connectivity index (χ0n) is 11.8. The first kappa shape index (κ1) is 12.7. The molecule has 3 heteroatoms. The second-order valence-electron chi connectivity index (χ2n) is 5.02. The number of aromatic nitrogens is 2. The van der Waals surface area contributed by atoms with E-state index in [-0.39, 0.29) is 0 Å². The van der Waals surface area contributed by atoms with Gasteiger partial charge in [0.15, 0.2) is 0 Å². The first-order valence-electron chi connectivity index (χ1n) is 6.28. The third-order valence-corrected chi connectivity index (χ3v) is 3.26. The highest BCUT2D eigenvalue weighted by atomic mass is 15.3. The van der Waals surface area contributed by atoms with Crippen molar-refractivity contribution in [2.24, 2.45) is 7.05 Å². The molecule has 2 aromatic rings. The van der Waals surface area contributed by atoms with Crippen LogP contribution in [0.1, 0.15) is 28.1 Å². The van der Waals surface area contributed by atoms with Crippen LogP contribution >= 0.6 is 0 Å². The van der Waals surface area contributed by atoms with Gasteiger partial charge in [-0.2, -0.15) is 5.10 Å². The summed E-state index contributed by atoms with van der Waals surface area (Å²) in [6, 6.07) is 6.64. The molecule has 96 valence electrons. The largest absolute Gasteiger partial charge is 0.378 e.